The molecule has 0 radical (unpaired) electrons. The van der Waals surface area contributed by atoms with Crippen molar-refractivity contribution in [1.82, 2.24) is 5.32 Å². The molecule has 17 heavy (non-hydrogen) atoms. The number of rotatable bonds is 6. The van der Waals surface area contributed by atoms with Gasteiger partial charge in [-0.25, -0.2) is 0 Å². The summed E-state index contributed by atoms with van der Waals surface area (Å²) in [4.78, 5) is 0. The third-order valence-electron chi connectivity index (χ3n) is 5.04. The van der Waals surface area contributed by atoms with E-state index in [1.54, 1.807) is 0 Å². The Hall–Kier alpha value is -0.0400. The van der Waals surface area contributed by atoms with Crippen LogP contribution in [0.5, 0.6) is 0 Å². The van der Waals surface area contributed by atoms with Crippen LogP contribution in [0.2, 0.25) is 0 Å². The quantitative estimate of drug-likeness (QED) is 0.670. The van der Waals surface area contributed by atoms with Crippen LogP contribution in [0.3, 0.4) is 0 Å². The molecule has 2 aliphatic rings. The van der Waals surface area contributed by atoms with Crippen molar-refractivity contribution in [2.75, 3.05) is 13.1 Å². The van der Waals surface area contributed by atoms with Crippen LogP contribution < -0.4 is 5.32 Å². The predicted molar refractivity (Wildman–Crippen MR) is 75.3 cm³/mol. The van der Waals surface area contributed by atoms with Gasteiger partial charge in [-0.3, -0.25) is 0 Å². The Labute approximate surface area is 108 Å². The molecule has 100 valence electrons. The molecule has 1 nitrogen and oxygen atoms in total. The van der Waals surface area contributed by atoms with Crippen LogP contribution in [0.15, 0.2) is 0 Å². The van der Waals surface area contributed by atoms with Gasteiger partial charge in [0, 0.05) is 6.54 Å². The average molecular weight is 237 g/mol. The van der Waals surface area contributed by atoms with E-state index in [2.05, 4.69) is 12.2 Å². The molecule has 0 aromatic rings. The van der Waals surface area contributed by atoms with Crippen molar-refractivity contribution in [1.29, 1.82) is 0 Å². The average Bonchev–Trinajstić information content (AvgIpc) is 2.83. The summed E-state index contributed by atoms with van der Waals surface area (Å²) in [5, 5.41) is 3.72. The van der Waals surface area contributed by atoms with Crippen molar-refractivity contribution in [2.45, 2.75) is 77.6 Å². The molecule has 0 atom stereocenters. The minimum atomic E-state index is 0.683. The Kier molecular flexibility index (Phi) is 5.34. The van der Waals surface area contributed by atoms with Gasteiger partial charge in [0.15, 0.2) is 0 Å². The third kappa shape index (κ3) is 3.98. The van der Waals surface area contributed by atoms with E-state index in [0.717, 1.165) is 5.92 Å². The SMILES string of the molecule is CCCNCC1(CC2CCCC2)CCCCC1. The molecule has 0 unspecified atom stereocenters. The summed E-state index contributed by atoms with van der Waals surface area (Å²) in [6, 6.07) is 0. The predicted octanol–water partition coefficient (Wildman–Crippen LogP) is 4.52. The highest BCUT2D eigenvalue weighted by Crippen LogP contribution is 2.44. The van der Waals surface area contributed by atoms with Gasteiger partial charge in [0.1, 0.15) is 0 Å². The normalized spacial score (nSPS) is 25.2. The molecule has 0 amide bonds. The molecule has 0 bridgehead atoms. The summed E-state index contributed by atoms with van der Waals surface area (Å²) in [7, 11) is 0. The van der Waals surface area contributed by atoms with E-state index in [1.807, 2.05) is 0 Å². The molecule has 1 heteroatoms. The van der Waals surface area contributed by atoms with Gasteiger partial charge in [-0.15, -0.1) is 0 Å². The van der Waals surface area contributed by atoms with Gasteiger partial charge in [-0.05, 0) is 43.6 Å². The zero-order valence-corrected chi connectivity index (χ0v) is 11.8. The van der Waals surface area contributed by atoms with Crippen molar-refractivity contribution in [2.24, 2.45) is 11.3 Å². The molecule has 2 fully saturated rings. The van der Waals surface area contributed by atoms with Crippen LogP contribution in [0.25, 0.3) is 0 Å². The summed E-state index contributed by atoms with van der Waals surface area (Å²) in [6.45, 7) is 4.79. The lowest BCUT2D eigenvalue weighted by atomic mass is 9.68. The fourth-order valence-electron chi connectivity index (χ4n) is 4.11. The fourth-order valence-corrected chi connectivity index (χ4v) is 4.11. The van der Waals surface area contributed by atoms with Gasteiger partial charge < -0.3 is 5.32 Å². The van der Waals surface area contributed by atoms with Crippen molar-refractivity contribution >= 4 is 0 Å². The van der Waals surface area contributed by atoms with Crippen molar-refractivity contribution in [3.05, 3.63) is 0 Å². The minimum absolute atomic E-state index is 0.683. The zero-order valence-electron chi connectivity index (χ0n) is 11.8. The largest absolute Gasteiger partial charge is 0.316 e. The Morgan fingerprint density at radius 1 is 1.00 bits per heavy atom. The summed E-state index contributed by atoms with van der Waals surface area (Å²) < 4.78 is 0. The highest BCUT2D eigenvalue weighted by Gasteiger charge is 2.34. The van der Waals surface area contributed by atoms with Gasteiger partial charge in [0.25, 0.3) is 0 Å². The van der Waals surface area contributed by atoms with E-state index in [-0.39, 0.29) is 0 Å². The second-order valence-electron chi connectivity index (χ2n) is 6.59. The van der Waals surface area contributed by atoms with E-state index in [0.29, 0.717) is 5.41 Å². The van der Waals surface area contributed by atoms with Crippen LogP contribution in [0.1, 0.15) is 77.6 Å². The summed E-state index contributed by atoms with van der Waals surface area (Å²) in [5.41, 5.74) is 0.683. The lowest BCUT2D eigenvalue weighted by molar-refractivity contribution is 0.138. The molecule has 2 saturated carbocycles. The fraction of sp³-hybridized carbons (Fsp3) is 1.00. The maximum atomic E-state index is 3.72. The van der Waals surface area contributed by atoms with Gasteiger partial charge >= 0.3 is 0 Å². The van der Waals surface area contributed by atoms with Gasteiger partial charge in [-0.1, -0.05) is 51.9 Å². The first-order chi connectivity index (χ1) is 8.35. The highest BCUT2D eigenvalue weighted by molar-refractivity contribution is 4.88. The molecule has 0 aromatic carbocycles. The van der Waals surface area contributed by atoms with E-state index >= 15 is 0 Å². The maximum absolute atomic E-state index is 3.72. The Morgan fingerprint density at radius 3 is 2.35 bits per heavy atom. The molecular formula is C16H31N. The minimum Gasteiger partial charge on any atom is -0.316 e. The second-order valence-corrected chi connectivity index (χ2v) is 6.59. The highest BCUT2D eigenvalue weighted by atomic mass is 14.9. The number of hydrogen-bond acceptors (Lipinski definition) is 1. The Bertz CT molecular complexity index is 200. The standard InChI is InChI=1S/C16H31N/c1-2-12-17-14-16(10-6-3-7-11-16)13-15-8-4-5-9-15/h15,17H,2-14H2,1H3. The lowest BCUT2D eigenvalue weighted by Crippen LogP contribution is -2.37. The molecule has 0 aliphatic heterocycles. The molecule has 1 N–H and O–H groups in total. The van der Waals surface area contributed by atoms with E-state index in [1.165, 1.54) is 83.7 Å². The summed E-state index contributed by atoms with van der Waals surface area (Å²) in [6.07, 6.45) is 16.3. The second kappa shape index (κ2) is 6.78. The molecular weight excluding hydrogens is 206 g/mol. The zero-order chi connectivity index (χ0) is 12.0. The lowest BCUT2D eigenvalue weighted by Gasteiger charge is -2.39. The summed E-state index contributed by atoms with van der Waals surface area (Å²) in [5.74, 6) is 1.07. The van der Waals surface area contributed by atoms with Gasteiger partial charge in [-0.2, -0.15) is 0 Å². The van der Waals surface area contributed by atoms with Crippen LogP contribution >= 0.6 is 0 Å². The Morgan fingerprint density at radius 2 is 1.71 bits per heavy atom. The first-order valence-corrected chi connectivity index (χ1v) is 8.05. The molecule has 0 spiro atoms. The van der Waals surface area contributed by atoms with Crippen LogP contribution in [0.4, 0.5) is 0 Å². The van der Waals surface area contributed by atoms with E-state index in [4.69, 9.17) is 0 Å². The smallest absolute Gasteiger partial charge is 0.000791 e. The Balaban J connectivity index is 1.85. The van der Waals surface area contributed by atoms with Crippen molar-refractivity contribution in [3.63, 3.8) is 0 Å². The van der Waals surface area contributed by atoms with Crippen molar-refractivity contribution < 1.29 is 0 Å². The van der Waals surface area contributed by atoms with Crippen LogP contribution in [0, 0.1) is 11.3 Å². The summed E-state index contributed by atoms with van der Waals surface area (Å²) >= 11 is 0. The topological polar surface area (TPSA) is 12.0 Å². The van der Waals surface area contributed by atoms with Crippen LogP contribution in [-0.2, 0) is 0 Å². The molecule has 0 aromatic heterocycles. The van der Waals surface area contributed by atoms with Gasteiger partial charge in [0.2, 0.25) is 0 Å². The number of hydrogen-bond donors (Lipinski definition) is 1. The molecule has 2 aliphatic carbocycles. The molecule has 0 heterocycles. The van der Waals surface area contributed by atoms with E-state index < -0.39 is 0 Å². The first-order valence-electron chi connectivity index (χ1n) is 8.05. The molecule has 2 rings (SSSR count). The third-order valence-corrected chi connectivity index (χ3v) is 5.04. The molecule has 0 saturated heterocycles. The number of nitrogens with one attached hydrogen (secondary N) is 1. The van der Waals surface area contributed by atoms with Crippen molar-refractivity contribution in [3.8, 4) is 0 Å². The van der Waals surface area contributed by atoms with E-state index in [9.17, 15) is 0 Å². The maximum Gasteiger partial charge on any atom is 0.000791 e. The van der Waals surface area contributed by atoms with Crippen LogP contribution in [-0.4, -0.2) is 13.1 Å². The van der Waals surface area contributed by atoms with Gasteiger partial charge in [0.05, 0.1) is 0 Å². The monoisotopic (exact) mass is 237 g/mol. The first kappa shape index (κ1) is 13.4.